The summed E-state index contributed by atoms with van der Waals surface area (Å²) in [6, 6.07) is 8.01. The van der Waals surface area contributed by atoms with Gasteiger partial charge in [-0.05, 0) is 55.6 Å². The van der Waals surface area contributed by atoms with Gasteiger partial charge in [-0.3, -0.25) is 0 Å². The van der Waals surface area contributed by atoms with Crippen molar-refractivity contribution in [3.8, 4) is 0 Å². The maximum absolute atomic E-state index is 6.24. The van der Waals surface area contributed by atoms with Crippen LogP contribution < -0.4 is 0 Å². The zero-order valence-electron chi connectivity index (χ0n) is 8.18. The number of thiophene rings is 1. The molecule has 0 radical (unpaired) electrons. The van der Waals surface area contributed by atoms with E-state index in [0.717, 1.165) is 23.3 Å². The number of rotatable bonds is 2. The summed E-state index contributed by atoms with van der Waals surface area (Å²) in [6.45, 7) is 0. The van der Waals surface area contributed by atoms with Gasteiger partial charge in [0.2, 0.25) is 0 Å². The molecule has 6 heteroatoms. The molecule has 0 amide bonds. The Labute approximate surface area is 142 Å². The van der Waals surface area contributed by atoms with Crippen molar-refractivity contribution < 1.29 is 0 Å². The number of benzene rings is 1. The molecule has 0 saturated heterocycles. The molecule has 1 heterocycles. The van der Waals surface area contributed by atoms with E-state index in [1.165, 1.54) is 4.88 Å². The molecular weight excluding hydrogens is 519 g/mol. The van der Waals surface area contributed by atoms with Crippen LogP contribution in [0.15, 0.2) is 37.0 Å². The van der Waals surface area contributed by atoms with Crippen LogP contribution in [-0.4, -0.2) is 0 Å². The average Bonchev–Trinajstić information content (AvgIpc) is 2.58. The lowest BCUT2D eigenvalue weighted by atomic mass is 10.1. The van der Waals surface area contributed by atoms with E-state index in [2.05, 4.69) is 69.8 Å². The zero-order chi connectivity index (χ0) is 12.6. The number of alkyl halides is 1. The summed E-state index contributed by atoms with van der Waals surface area (Å²) >= 11 is 22.0. The first-order valence-corrected chi connectivity index (χ1v) is 9.01. The van der Waals surface area contributed by atoms with Crippen molar-refractivity contribution in [2.45, 2.75) is 4.83 Å². The van der Waals surface area contributed by atoms with Gasteiger partial charge in [-0.25, -0.2) is 0 Å². The van der Waals surface area contributed by atoms with Crippen LogP contribution >= 0.6 is 86.7 Å². The Bertz CT molecular complexity index is 533. The SMILES string of the molecule is Clc1cc(Br)ccc1C(Br)c1cc(Br)c(Br)s1. The summed E-state index contributed by atoms with van der Waals surface area (Å²) < 4.78 is 3.14. The lowest BCUT2D eigenvalue weighted by Gasteiger charge is -2.10. The molecule has 0 spiro atoms. The van der Waals surface area contributed by atoms with Gasteiger partial charge < -0.3 is 0 Å². The van der Waals surface area contributed by atoms with Gasteiger partial charge in [0.1, 0.15) is 0 Å². The van der Waals surface area contributed by atoms with Crippen LogP contribution in [0.3, 0.4) is 0 Å². The smallest absolute Gasteiger partial charge is 0.0843 e. The van der Waals surface area contributed by atoms with Crippen molar-refractivity contribution >= 4 is 86.7 Å². The molecule has 0 bridgehead atoms. The molecule has 0 fully saturated rings. The molecule has 0 nitrogen and oxygen atoms in total. The first-order valence-electron chi connectivity index (χ1n) is 4.53. The van der Waals surface area contributed by atoms with E-state index in [-0.39, 0.29) is 4.83 Å². The summed E-state index contributed by atoms with van der Waals surface area (Å²) in [6.07, 6.45) is 0. The lowest BCUT2D eigenvalue weighted by Crippen LogP contribution is -1.90. The largest absolute Gasteiger partial charge is 0.131 e. The quantitative estimate of drug-likeness (QED) is 0.366. The molecule has 17 heavy (non-hydrogen) atoms. The lowest BCUT2D eigenvalue weighted by molar-refractivity contribution is 1.22. The highest BCUT2D eigenvalue weighted by Gasteiger charge is 2.17. The fourth-order valence-electron chi connectivity index (χ4n) is 1.35. The molecule has 1 atom stereocenters. The summed E-state index contributed by atoms with van der Waals surface area (Å²) in [5.74, 6) is 0. The van der Waals surface area contributed by atoms with E-state index in [1.807, 2.05) is 18.2 Å². The molecule has 0 aliphatic rings. The third kappa shape index (κ3) is 3.37. The molecule has 0 saturated carbocycles. The van der Waals surface area contributed by atoms with Crippen molar-refractivity contribution in [2.24, 2.45) is 0 Å². The van der Waals surface area contributed by atoms with Crippen LogP contribution in [0.2, 0.25) is 5.02 Å². The molecule has 90 valence electrons. The number of halogens is 5. The summed E-state index contributed by atoms with van der Waals surface area (Å²) in [7, 11) is 0. The molecular formula is C11H5Br4ClS. The second kappa shape index (κ2) is 6.06. The van der Waals surface area contributed by atoms with Gasteiger partial charge in [0, 0.05) is 18.8 Å². The van der Waals surface area contributed by atoms with Crippen molar-refractivity contribution in [1.29, 1.82) is 0 Å². The molecule has 0 N–H and O–H groups in total. The minimum atomic E-state index is 0.107. The topological polar surface area (TPSA) is 0 Å². The van der Waals surface area contributed by atoms with Crippen LogP contribution in [-0.2, 0) is 0 Å². The average molecular weight is 524 g/mol. The van der Waals surface area contributed by atoms with Gasteiger partial charge in [0.05, 0.1) is 8.61 Å². The minimum absolute atomic E-state index is 0.107. The Morgan fingerprint density at radius 2 is 1.82 bits per heavy atom. The maximum Gasteiger partial charge on any atom is 0.0843 e. The van der Waals surface area contributed by atoms with Crippen molar-refractivity contribution in [3.05, 3.63) is 52.5 Å². The number of hydrogen-bond acceptors (Lipinski definition) is 1. The van der Waals surface area contributed by atoms with E-state index < -0.39 is 0 Å². The van der Waals surface area contributed by atoms with E-state index in [0.29, 0.717) is 0 Å². The van der Waals surface area contributed by atoms with Crippen molar-refractivity contribution in [1.82, 2.24) is 0 Å². The third-order valence-electron chi connectivity index (χ3n) is 2.15. The van der Waals surface area contributed by atoms with Crippen LogP contribution in [0.1, 0.15) is 15.3 Å². The Morgan fingerprint density at radius 3 is 2.35 bits per heavy atom. The van der Waals surface area contributed by atoms with Crippen LogP contribution in [0.4, 0.5) is 0 Å². The Morgan fingerprint density at radius 1 is 1.12 bits per heavy atom. The van der Waals surface area contributed by atoms with Crippen LogP contribution in [0.25, 0.3) is 0 Å². The summed E-state index contributed by atoms with van der Waals surface area (Å²) in [5, 5.41) is 0.752. The van der Waals surface area contributed by atoms with E-state index in [4.69, 9.17) is 11.6 Å². The first kappa shape index (κ1) is 14.5. The Hall–Kier alpha value is 1.13. The Kier molecular flexibility index (Phi) is 5.18. The molecule has 1 unspecified atom stereocenters. The maximum atomic E-state index is 6.24. The fourth-order valence-corrected chi connectivity index (χ4v) is 5.16. The molecule has 1 aromatic heterocycles. The van der Waals surface area contributed by atoms with Crippen molar-refractivity contribution in [3.63, 3.8) is 0 Å². The van der Waals surface area contributed by atoms with Gasteiger partial charge in [-0.1, -0.05) is 49.5 Å². The number of hydrogen-bond donors (Lipinski definition) is 0. The second-order valence-corrected chi connectivity index (χ2v) is 8.79. The van der Waals surface area contributed by atoms with Gasteiger partial charge in [0.15, 0.2) is 0 Å². The monoisotopic (exact) mass is 520 g/mol. The molecule has 2 rings (SSSR count). The van der Waals surface area contributed by atoms with E-state index >= 15 is 0 Å². The predicted octanol–water partition coefficient (Wildman–Crippen LogP) is 7.17. The standard InChI is InChI=1S/C11H5Br4ClS/c12-5-1-2-6(8(16)3-5)10(14)9-4-7(13)11(15)17-9/h1-4,10H. The highest BCUT2D eigenvalue weighted by Crippen LogP contribution is 2.43. The molecule has 2 aromatic rings. The highest BCUT2D eigenvalue weighted by atomic mass is 79.9. The molecule has 0 aliphatic carbocycles. The molecule has 0 aliphatic heterocycles. The third-order valence-corrected chi connectivity index (χ3v) is 7.58. The van der Waals surface area contributed by atoms with Crippen LogP contribution in [0.5, 0.6) is 0 Å². The van der Waals surface area contributed by atoms with Gasteiger partial charge in [-0.2, -0.15) is 0 Å². The van der Waals surface area contributed by atoms with Crippen LogP contribution in [0, 0.1) is 0 Å². The second-order valence-electron chi connectivity index (χ2n) is 3.30. The summed E-state index contributed by atoms with van der Waals surface area (Å²) in [4.78, 5) is 1.31. The highest BCUT2D eigenvalue weighted by molar-refractivity contribution is 9.13. The zero-order valence-corrected chi connectivity index (χ0v) is 16.1. The Balaban J connectivity index is 2.39. The van der Waals surface area contributed by atoms with Gasteiger partial charge >= 0.3 is 0 Å². The summed E-state index contributed by atoms with van der Waals surface area (Å²) in [5.41, 5.74) is 1.07. The van der Waals surface area contributed by atoms with Crippen molar-refractivity contribution in [2.75, 3.05) is 0 Å². The van der Waals surface area contributed by atoms with Gasteiger partial charge in [-0.15, -0.1) is 11.3 Å². The molecule has 1 aromatic carbocycles. The van der Waals surface area contributed by atoms with Gasteiger partial charge in [0.25, 0.3) is 0 Å². The normalized spacial score (nSPS) is 12.8. The van der Waals surface area contributed by atoms with E-state index in [1.54, 1.807) is 11.3 Å². The first-order chi connectivity index (χ1) is 7.99. The fraction of sp³-hybridized carbons (Fsp3) is 0.0909. The predicted molar refractivity (Wildman–Crippen MR) is 89.6 cm³/mol. The minimum Gasteiger partial charge on any atom is -0.131 e. The van der Waals surface area contributed by atoms with E-state index in [9.17, 15) is 0 Å².